The summed E-state index contributed by atoms with van der Waals surface area (Å²) in [7, 11) is 1.74. The molecule has 1 aromatic rings. The van der Waals surface area contributed by atoms with Crippen LogP contribution in [0.4, 0.5) is 10.5 Å². The quantitative estimate of drug-likeness (QED) is 0.841. The summed E-state index contributed by atoms with van der Waals surface area (Å²) in [5.41, 5.74) is 1.72. The Morgan fingerprint density at radius 1 is 1.24 bits per heavy atom. The molecule has 0 aliphatic rings. The van der Waals surface area contributed by atoms with Crippen LogP contribution < -0.4 is 4.90 Å². The number of carbonyl (C=O) groups is 2. The molecule has 21 heavy (non-hydrogen) atoms. The van der Waals surface area contributed by atoms with E-state index < -0.39 is 5.97 Å². The van der Waals surface area contributed by atoms with Crippen LogP contribution in [0.15, 0.2) is 24.3 Å². The molecule has 0 spiro atoms. The third-order valence-corrected chi connectivity index (χ3v) is 3.73. The Bertz CT molecular complexity index is 494. The number of benzene rings is 1. The third-order valence-electron chi connectivity index (χ3n) is 3.14. The highest BCUT2D eigenvalue weighted by atomic mass is 32.2. The molecule has 0 aliphatic heterocycles. The molecule has 0 fully saturated rings. The second-order valence-corrected chi connectivity index (χ2v) is 5.76. The third kappa shape index (κ3) is 5.30. The molecule has 0 unspecified atom stereocenters. The first-order valence-electron chi connectivity index (χ1n) is 6.76. The molecule has 5 nitrogen and oxygen atoms in total. The fraction of sp³-hybridized carbons (Fsp3) is 0.467. The van der Waals surface area contributed by atoms with Crippen LogP contribution in [0.2, 0.25) is 0 Å². The summed E-state index contributed by atoms with van der Waals surface area (Å²) in [5, 5.41) is 8.89. The van der Waals surface area contributed by atoms with Gasteiger partial charge in [-0.1, -0.05) is 18.2 Å². The molecular weight excluding hydrogens is 288 g/mol. The van der Waals surface area contributed by atoms with Crippen LogP contribution in [0.1, 0.15) is 12.0 Å². The molecule has 1 rings (SSSR count). The van der Waals surface area contributed by atoms with E-state index in [1.807, 2.05) is 37.4 Å². The Balaban J connectivity index is 2.94. The van der Waals surface area contributed by atoms with Crippen LogP contribution in [0, 0.1) is 6.92 Å². The van der Waals surface area contributed by atoms with Gasteiger partial charge in [-0.25, -0.2) is 4.79 Å². The van der Waals surface area contributed by atoms with E-state index in [-0.39, 0.29) is 19.0 Å². The highest BCUT2D eigenvalue weighted by molar-refractivity contribution is 7.98. The van der Waals surface area contributed by atoms with Crippen LogP contribution in [0.3, 0.4) is 0 Å². The van der Waals surface area contributed by atoms with Gasteiger partial charge in [-0.2, -0.15) is 11.8 Å². The van der Waals surface area contributed by atoms with Gasteiger partial charge < -0.3 is 10.0 Å². The number of thioether (sulfide) groups is 1. The lowest BCUT2D eigenvalue weighted by Gasteiger charge is -2.29. The van der Waals surface area contributed by atoms with Crippen molar-refractivity contribution >= 4 is 29.4 Å². The molecule has 0 saturated heterocycles. The van der Waals surface area contributed by atoms with Gasteiger partial charge in [0.1, 0.15) is 0 Å². The van der Waals surface area contributed by atoms with Gasteiger partial charge in [0, 0.05) is 31.6 Å². The highest BCUT2D eigenvalue weighted by Gasteiger charge is 2.21. The molecule has 0 saturated carbocycles. The summed E-state index contributed by atoms with van der Waals surface area (Å²) in [5.74, 6) is -0.0591. The molecule has 1 N–H and O–H groups in total. The van der Waals surface area contributed by atoms with E-state index in [0.717, 1.165) is 17.0 Å². The van der Waals surface area contributed by atoms with E-state index in [4.69, 9.17) is 5.11 Å². The summed E-state index contributed by atoms with van der Waals surface area (Å²) in [6.07, 6.45) is 1.91. The number of para-hydroxylation sites is 1. The molecule has 116 valence electrons. The van der Waals surface area contributed by atoms with E-state index >= 15 is 0 Å². The minimum atomic E-state index is -0.909. The lowest BCUT2D eigenvalue weighted by atomic mass is 10.2. The monoisotopic (exact) mass is 310 g/mol. The first-order valence-corrected chi connectivity index (χ1v) is 8.15. The van der Waals surface area contributed by atoms with Gasteiger partial charge in [0.15, 0.2) is 0 Å². The number of urea groups is 1. The number of carboxylic acids is 1. The van der Waals surface area contributed by atoms with E-state index in [9.17, 15) is 9.59 Å². The molecule has 0 heterocycles. The van der Waals surface area contributed by atoms with Crippen molar-refractivity contribution in [1.29, 1.82) is 0 Å². The number of aliphatic carboxylic acids is 1. The van der Waals surface area contributed by atoms with E-state index in [1.165, 1.54) is 0 Å². The van der Waals surface area contributed by atoms with Crippen LogP contribution >= 0.6 is 11.8 Å². The Kier molecular flexibility index (Phi) is 7.08. The number of carboxylic acid groups (broad SMARTS) is 1. The van der Waals surface area contributed by atoms with Crippen LogP contribution in [-0.2, 0) is 4.79 Å². The molecule has 6 heteroatoms. The number of rotatable bonds is 7. The van der Waals surface area contributed by atoms with Gasteiger partial charge in [-0.05, 0) is 24.8 Å². The van der Waals surface area contributed by atoms with Crippen molar-refractivity contribution in [2.24, 2.45) is 0 Å². The second-order valence-electron chi connectivity index (χ2n) is 4.78. The first kappa shape index (κ1) is 17.4. The average Bonchev–Trinajstić information content (AvgIpc) is 2.46. The lowest BCUT2D eigenvalue weighted by molar-refractivity contribution is -0.136. The van der Waals surface area contributed by atoms with Crippen molar-refractivity contribution in [1.82, 2.24) is 4.90 Å². The molecule has 0 aliphatic carbocycles. The maximum Gasteiger partial charge on any atom is 0.324 e. The minimum absolute atomic E-state index is 0.0730. The maximum atomic E-state index is 12.6. The van der Waals surface area contributed by atoms with Crippen molar-refractivity contribution in [2.45, 2.75) is 13.3 Å². The summed E-state index contributed by atoms with van der Waals surface area (Å²) < 4.78 is 0. The molecule has 0 radical (unpaired) electrons. The maximum absolute atomic E-state index is 12.6. The van der Waals surface area contributed by atoms with Crippen LogP contribution in [-0.4, -0.2) is 54.2 Å². The molecule has 1 aromatic carbocycles. The number of aryl methyl sites for hydroxylation is 1. The number of carbonyl (C=O) groups excluding carboxylic acids is 1. The van der Waals surface area contributed by atoms with Crippen molar-refractivity contribution in [3.05, 3.63) is 29.8 Å². The van der Waals surface area contributed by atoms with Gasteiger partial charge in [0.25, 0.3) is 0 Å². The fourth-order valence-electron chi connectivity index (χ4n) is 1.92. The van der Waals surface area contributed by atoms with Crippen molar-refractivity contribution < 1.29 is 14.7 Å². The van der Waals surface area contributed by atoms with E-state index in [0.29, 0.717) is 6.54 Å². The molecule has 0 atom stereocenters. The number of amides is 2. The Morgan fingerprint density at radius 3 is 2.48 bits per heavy atom. The summed E-state index contributed by atoms with van der Waals surface area (Å²) >= 11 is 1.67. The zero-order valence-electron chi connectivity index (χ0n) is 12.7. The largest absolute Gasteiger partial charge is 0.481 e. The molecular formula is C15H22N2O3S. The van der Waals surface area contributed by atoms with Gasteiger partial charge >= 0.3 is 12.0 Å². The topological polar surface area (TPSA) is 60.9 Å². The molecule has 0 aromatic heterocycles. The van der Waals surface area contributed by atoms with E-state index in [1.54, 1.807) is 28.6 Å². The van der Waals surface area contributed by atoms with Gasteiger partial charge in [-0.15, -0.1) is 0 Å². The number of nitrogens with zero attached hydrogens (tertiary/aromatic N) is 2. The van der Waals surface area contributed by atoms with Crippen LogP contribution in [0.25, 0.3) is 0 Å². The zero-order chi connectivity index (χ0) is 15.8. The van der Waals surface area contributed by atoms with E-state index in [2.05, 4.69) is 0 Å². The normalized spacial score (nSPS) is 10.2. The Morgan fingerprint density at radius 2 is 1.90 bits per heavy atom. The van der Waals surface area contributed by atoms with Gasteiger partial charge in [0.05, 0.1) is 6.42 Å². The number of hydrogen-bond acceptors (Lipinski definition) is 3. The number of anilines is 1. The van der Waals surface area contributed by atoms with Crippen molar-refractivity contribution in [3.8, 4) is 0 Å². The zero-order valence-corrected chi connectivity index (χ0v) is 13.5. The van der Waals surface area contributed by atoms with Gasteiger partial charge in [0.2, 0.25) is 0 Å². The van der Waals surface area contributed by atoms with Crippen molar-refractivity contribution in [2.75, 3.05) is 37.0 Å². The minimum Gasteiger partial charge on any atom is -0.481 e. The summed E-state index contributed by atoms with van der Waals surface area (Å²) in [6.45, 7) is 2.72. The second kappa shape index (κ2) is 8.56. The average molecular weight is 310 g/mol. The lowest BCUT2D eigenvalue weighted by Crippen LogP contribution is -2.43. The predicted octanol–water partition coefficient (Wildman–Crippen LogP) is 2.69. The Hall–Kier alpha value is -1.69. The molecule has 0 bridgehead atoms. The SMILES string of the molecule is CSCCN(C)C(=O)N(CCC(=O)O)c1ccccc1C. The predicted molar refractivity (Wildman–Crippen MR) is 87.2 cm³/mol. The fourth-order valence-corrected chi connectivity index (χ4v) is 2.38. The molecule has 2 amide bonds. The smallest absolute Gasteiger partial charge is 0.324 e. The Labute approximate surface area is 129 Å². The number of hydrogen-bond donors (Lipinski definition) is 1. The van der Waals surface area contributed by atoms with Gasteiger partial charge in [-0.3, -0.25) is 9.69 Å². The summed E-state index contributed by atoms with van der Waals surface area (Å²) in [6, 6.07) is 7.34. The van der Waals surface area contributed by atoms with Crippen LogP contribution in [0.5, 0.6) is 0 Å². The van der Waals surface area contributed by atoms with Crippen molar-refractivity contribution in [3.63, 3.8) is 0 Å². The summed E-state index contributed by atoms with van der Waals surface area (Å²) in [4.78, 5) is 26.6. The first-order chi connectivity index (χ1) is 9.97. The standard InChI is InChI=1S/C15H22N2O3S/c1-12-6-4-5-7-13(12)17(9-8-14(18)19)15(20)16(2)10-11-21-3/h4-7H,8-11H2,1-3H3,(H,18,19). The highest BCUT2D eigenvalue weighted by Crippen LogP contribution is 2.21.